The van der Waals surface area contributed by atoms with E-state index < -0.39 is 0 Å². The Morgan fingerprint density at radius 1 is 1.75 bits per heavy atom. The average molecular weight is 169 g/mol. The zero-order valence-corrected chi connectivity index (χ0v) is 7.26. The van der Waals surface area contributed by atoms with Crippen LogP contribution in [0.5, 0.6) is 0 Å². The van der Waals surface area contributed by atoms with E-state index in [1.54, 1.807) is 6.92 Å². The summed E-state index contributed by atoms with van der Waals surface area (Å²) in [5.74, 6) is 2.23. The Morgan fingerprint density at radius 3 is 2.92 bits per heavy atom. The molecule has 0 aromatic rings. The van der Waals surface area contributed by atoms with Crippen molar-refractivity contribution in [1.82, 2.24) is 10.6 Å². The molecule has 4 heteroatoms. The van der Waals surface area contributed by atoms with Crippen LogP contribution in [0.1, 0.15) is 6.92 Å². The van der Waals surface area contributed by atoms with Crippen LogP contribution in [0.2, 0.25) is 0 Å². The zero-order chi connectivity index (χ0) is 9.40. The summed E-state index contributed by atoms with van der Waals surface area (Å²) in [5.41, 5.74) is 5.25. The highest BCUT2D eigenvalue weighted by Gasteiger charge is 2.09. The first-order valence-electron chi connectivity index (χ1n) is 3.87. The van der Waals surface area contributed by atoms with Crippen molar-refractivity contribution in [3.63, 3.8) is 0 Å². The fraction of sp³-hybridized carbons (Fsp3) is 0.625. The molecular formula is C8H15N3O. The van der Waals surface area contributed by atoms with Gasteiger partial charge >= 0.3 is 0 Å². The molecule has 4 N–H and O–H groups in total. The normalized spacial score (nSPS) is 11.8. The fourth-order valence-corrected chi connectivity index (χ4v) is 0.684. The van der Waals surface area contributed by atoms with Gasteiger partial charge in [0.25, 0.3) is 0 Å². The summed E-state index contributed by atoms with van der Waals surface area (Å²) < 4.78 is 0. The molecule has 0 radical (unpaired) electrons. The van der Waals surface area contributed by atoms with Crippen molar-refractivity contribution >= 4 is 5.91 Å². The SMILES string of the molecule is C#CCNC(=O)C(C)NCCN. The van der Waals surface area contributed by atoms with Crippen molar-refractivity contribution < 1.29 is 4.79 Å². The van der Waals surface area contributed by atoms with Crippen LogP contribution in [0, 0.1) is 12.3 Å². The van der Waals surface area contributed by atoms with Crippen LogP contribution in [0.15, 0.2) is 0 Å². The van der Waals surface area contributed by atoms with Gasteiger partial charge in [-0.3, -0.25) is 4.79 Å². The quantitative estimate of drug-likeness (QED) is 0.447. The van der Waals surface area contributed by atoms with Crippen molar-refractivity contribution in [2.24, 2.45) is 5.73 Å². The van der Waals surface area contributed by atoms with E-state index in [1.165, 1.54) is 0 Å². The highest BCUT2D eigenvalue weighted by molar-refractivity contribution is 5.81. The number of nitrogens with one attached hydrogen (secondary N) is 2. The lowest BCUT2D eigenvalue weighted by Crippen LogP contribution is -2.43. The zero-order valence-electron chi connectivity index (χ0n) is 7.26. The number of nitrogens with two attached hydrogens (primary N) is 1. The number of hydrogen-bond donors (Lipinski definition) is 3. The number of hydrogen-bond acceptors (Lipinski definition) is 3. The lowest BCUT2D eigenvalue weighted by Gasteiger charge is -2.11. The van der Waals surface area contributed by atoms with Gasteiger partial charge in [0, 0.05) is 13.1 Å². The van der Waals surface area contributed by atoms with Crippen molar-refractivity contribution in [1.29, 1.82) is 0 Å². The van der Waals surface area contributed by atoms with Gasteiger partial charge in [0.15, 0.2) is 0 Å². The minimum atomic E-state index is -0.234. The van der Waals surface area contributed by atoms with E-state index >= 15 is 0 Å². The Hall–Kier alpha value is -1.05. The molecule has 0 aliphatic rings. The van der Waals surface area contributed by atoms with E-state index in [4.69, 9.17) is 12.2 Å². The molecule has 68 valence electrons. The second-order valence-corrected chi connectivity index (χ2v) is 2.39. The smallest absolute Gasteiger partial charge is 0.237 e. The molecule has 0 fully saturated rings. The number of carbonyl (C=O) groups excluding carboxylic acids is 1. The second kappa shape index (κ2) is 6.65. The number of terminal acetylenes is 1. The van der Waals surface area contributed by atoms with E-state index in [0.717, 1.165) is 0 Å². The van der Waals surface area contributed by atoms with Gasteiger partial charge in [-0.15, -0.1) is 6.42 Å². The topological polar surface area (TPSA) is 67.2 Å². The summed E-state index contributed by atoms with van der Waals surface area (Å²) in [6.07, 6.45) is 4.97. The van der Waals surface area contributed by atoms with E-state index in [9.17, 15) is 4.79 Å². The van der Waals surface area contributed by atoms with Crippen LogP contribution in [-0.4, -0.2) is 31.6 Å². The predicted molar refractivity (Wildman–Crippen MR) is 48.4 cm³/mol. The molecule has 1 unspecified atom stereocenters. The van der Waals surface area contributed by atoms with Crippen LogP contribution in [0.4, 0.5) is 0 Å². The molecule has 4 nitrogen and oxygen atoms in total. The number of carbonyl (C=O) groups is 1. The molecule has 1 amide bonds. The maximum atomic E-state index is 11.1. The molecule has 0 aromatic carbocycles. The Bertz CT molecular complexity index is 174. The standard InChI is InChI=1S/C8H15N3O/c1-3-5-11-8(12)7(2)10-6-4-9/h1,7,10H,4-6,9H2,2H3,(H,11,12). The van der Waals surface area contributed by atoms with Gasteiger partial charge in [-0.1, -0.05) is 5.92 Å². The van der Waals surface area contributed by atoms with Gasteiger partial charge in [-0.2, -0.15) is 0 Å². The predicted octanol–water partition coefficient (Wildman–Crippen LogP) is -1.33. The maximum Gasteiger partial charge on any atom is 0.237 e. The maximum absolute atomic E-state index is 11.1. The summed E-state index contributed by atoms with van der Waals surface area (Å²) in [6, 6.07) is -0.234. The van der Waals surface area contributed by atoms with Crippen LogP contribution in [-0.2, 0) is 4.79 Å². The third-order valence-electron chi connectivity index (χ3n) is 1.35. The Labute approximate surface area is 72.9 Å². The molecule has 0 aliphatic carbocycles. The second-order valence-electron chi connectivity index (χ2n) is 2.39. The third-order valence-corrected chi connectivity index (χ3v) is 1.35. The first kappa shape index (κ1) is 11.0. The largest absolute Gasteiger partial charge is 0.344 e. The Kier molecular flexibility index (Phi) is 6.07. The van der Waals surface area contributed by atoms with Crippen molar-refractivity contribution in [2.75, 3.05) is 19.6 Å². The highest BCUT2D eigenvalue weighted by Crippen LogP contribution is 1.79. The summed E-state index contributed by atoms with van der Waals surface area (Å²) in [7, 11) is 0. The van der Waals surface area contributed by atoms with Gasteiger partial charge in [-0.05, 0) is 6.92 Å². The van der Waals surface area contributed by atoms with Crippen molar-refractivity contribution in [2.45, 2.75) is 13.0 Å². The van der Waals surface area contributed by atoms with Crippen molar-refractivity contribution in [3.05, 3.63) is 0 Å². The first-order valence-corrected chi connectivity index (χ1v) is 3.87. The van der Waals surface area contributed by atoms with E-state index in [0.29, 0.717) is 13.1 Å². The van der Waals surface area contributed by atoms with E-state index in [2.05, 4.69) is 16.6 Å². The highest BCUT2D eigenvalue weighted by atomic mass is 16.2. The van der Waals surface area contributed by atoms with Gasteiger partial charge in [-0.25, -0.2) is 0 Å². The molecule has 0 spiro atoms. The molecule has 0 aromatic heterocycles. The first-order chi connectivity index (χ1) is 5.72. The lowest BCUT2D eigenvalue weighted by atomic mass is 10.3. The number of rotatable bonds is 5. The molecule has 1 atom stereocenters. The Morgan fingerprint density at radius 2 is 2.42 bits per heavy atom. The summed E-state index contributed by atoms with van der Waals surface area (Å²) >= 11 is 0. The molecule has 0 saturated heterocycles. The van der Waals surface area contributed by atoms with Crippen molar-refractivity contribution in [3.8, 4) is 12.3 Å². The molecule has 0 bridgehead atoms. The lowest BCUT2D eigenvalue weighted by molar-refractivity contribution is -0.122. The fourth-order valence-electron chi connectivity index (χ4n) is 0.684. The van der Waals surface area contributed by atoms with E-state index in [-0.39, 0.29) is 18.5 Å². The molecular weight excluding hydrogens is 154 g/mol. The van der Waals surface area contributed by atoms with E-state index in [1.807, 2.05) is 0 Å². The van der Waals surface area contributed by atoms with Gasteiger partial charge in [0.1, 0.15) is 0 Å². The minimum Gasteiger partial charge on any atom is -0.344 e. The van der Waals surface area contributed by atoms with Gasteiger partial charge in [0.05, 0.1) is 12.6 Å². The van der Waals surface area contributed by atoms with Gasteiger partial charge < -0.3 is 16.4 Å². The monoisotopic (exact) mass is 169 g/mol. The van der Waals surface area contributed by atoms with Crippen LogP contribution in [0.25, 0.3) is 0 Å². The van der Waals surface area contributed by atoms with Crippen LogP contribution < -0.4 is 16.4 Å². The molecule has 12 heavy (non-hydrogen) atoms. The summed E-state index contributed by atoms with van der Waals surface area (Å²) in [5, 5.41) is 5.50. The average Bonchev–Trinajstić information content (AvgIpc) is 2.10. The van der Waals surface area contributed by atoms with Gasteiger partial charge in [0.2, 0.25) is 5.91 Å². The molecule has 0 heterocycles. The molecule has 0 saturated carbocycles. The number of amides is 1. The van der Waals surface area contributed by atoms with Crippen LogP contribution >= 0.6 is 0 Å². The molecule has 0 aliphatic heterocycles. The molecule has 0 rings (SSSR count). The third kappa shape index (κ3) is 4.72. The van der Waals surface area contributed by atoms with Crippen LogP contribution in [0.3, 0.4) is 0 Å². The minimum absolute atomic E-state index is 0.0959. The summed E-state index contributed by atoms with van der Waals surface area (Å²) in [6.45, 7) is 3.19. The Balaban J connectivity index is 3.55. The summed E-state index contributed by atoms with van der Waals surface area (Å²) in [4.78, 5) is 11.1.